The molecule has 0 N–H and O–H groups in total. The highest BCUT2D eigenvalue weighted by molar-refractivity contribution is 7.99. The predicted octanol–water partition coefficient (Wildman–Crippen LogP) is 3.58. The minimum absolute atomic E-state index is 0.116. The highest BCUT2D eigenvalue weighted by atomic mass is 32.2. The quantitative estimate of drug-likeness (QED) is 0.648. The van der Waals surface area contributed by atoms with Gasteiger partial charge in [-0.2, -0.15) is 0 Å². The normalized spacial score (nSPS) is 10.9. The Morgan fingerprint density at radius 1 is 1.22 bits per heavy atom. The Morgan fingerprint density at radius 3 is 2.65 bits per heavy atom. The average molecular weight is 327 g/mol. The van der Waals surface area contributed by atoms with Crippen molar-refractivity contribution >= 4 is 17.5 Å². The fraction of sp³-hybridized carbons (Fsp3) is 0.235. The minimum atomic E-state index is 0.116. The van der Waals surface area contributed by atoms with Crippen molar-refractivity contribution < 1.29 is 9.21 Å². The number of aryl methyl sites for hydroxylation is 1. The van der Waals surface area contributed by atoms with Gasteiger partial charge in [0.05, 0.1) is 24.1 Å². The molecule has 0 unspecified atom stereocenters. The van der Waals surface area contributed by atoms with E-state index in [2.05, 4.69) is 22.3 Å². The lowest BCUT2D eigenvalue weighted by molar-refractivity contribution is -0.114. The highest BCUT2D eigenvalue weighted by Crippen LogP contribution is 2.27. The van der Waals surface area contributed by atoms with Crippen molar-refractivity contribution in [3.63, 3.8) is 0 Å². The van der Waals surface area contributed by atoms with E-state index in [9.17, 15) is 4.79 Å². The molecule has 3 aromatic rings. The molecule has 5 nitrogen and oxygen atoms in total. The molecular formula is C17H17N3O2S. The first-order valence-corrected chi connectivity index (χ1v) is 8.27. The van der Waals surface area contributed by atoms with Gasteiger partial charge in [-0.05, 0) is 25.5 Å². The lowest BCUT2D eigenvalue weighted by Crippen LogP contribution is -2.05. The maximum absolute atomic E-state index is 11.3. The molecule has 1 aromatic carbocycles. The maximum Gasteiger partial charge on any atom is 0.192 e. The molecule has 3 rings (SSSR count). The van der Waals surface area contributed by atoms with Crippen molar-refractivity contribution in [1.82, 2.24) is 14.8 Å². The van der Waals surface area contributed by atoms with Gasteiger partial charge in [0.1, 0.15) is 11.5 Å². The number of ketones is 1. The van der Waals surface area contributed by atoms with Crippen LogP contribution in [0.4, 0.5) is 0 Å². The molecule has 0 radical (unpaired) electrons. The zero-order valence-corrected chi connectivity index (χ0v) is 13.8. The largest absolute Gasteiger partial charge is 0.469 e. The molecule has 0 fully saturated rings. The number of rotatable bonds is 6. The van der Waals surface area contributed by atoms with Gasteiger partial charge in [0.2, 0.25) is 0 Å². The second-order valence-electron chi connectivity index (χ2n) is 5.26. The third kappa shape index (κ3) is 3.53. The van der Waals surface area contributed by atoms with E-state index in [-0.39, 0.29) is 5.78 Å². The van der Waals surface area contributed by atoms with Gasteiger partial charge < -0.3 is 4.42 Å². The van der Waals surface area contributed by atoms with Crippen LogP contribution in [0.15, 0.2) is 52.2 Å². The van der Waals surface area contributed by atoms with Crippen molar-refractivity contribution in [3.05, 3.63) is 54.0 Å². The molecule has 2 aromatic heterocycles. The summed E-state index contributed by atoms with van der Waals surface area (Å²) in [6.45, 7) is 4.12. The number of Topliss-reactive ketones (excluding diaryl/α,β-unsaturated/α-hetero) is 1. The molecule has 0 atom stereocenters. The number of thioether (sulfide) groups is 1. The summed E-state index contributed by atoms with van der Waals surface area (Å²) < 4.78 is 7.42. The van der Waals surface area contributed by atoms with Crippen LogP contribution in [0.25, 0.3) is 11.4 Å². The van der Waals surface area contributed by atoms with Crippen LogP contribution in [0, 0.1) is 6.92 Å². The Kier molecular flexibility index (Phi) is 4.62. The molecule has 23 heavy (non-hydrogen) atoms. The first-order chi connectivity index (χ1) is 11.1. The molecule has 0 aliphatic heterocycles. The average Bonchev–Trinajstić information content (AvgIpc) is 3.12. The van der Waals surface area contributed by atoms with Crippen LogP contribution in [-0.2, 0) is 11.3 Å². The van der Waals surface area contributed by atoms with Crippen LogP contribution < -0.4 is 0 Å². The second kappa shape index (κ2) is 6.83. The Hall–Kier alpha value is -2.34. The number of aromatic nitrogens is 3. The van der Waals surface area contributed by atoms with E-state index in [0.29, 0.717) is 12.3 Å². The fourth-order valence-corrected chi connectivity index (χ4v) is 3.02. The van der Waals surface area contributed by atoms with Crippen molar-refractivity contribution in [3.8, 4) is 11.4 Å². The summed E-state index contributed by atoms with van der Waals surface area (Å²) in [6.07, 6.45) is 1.65. The molecule has 0 spiro atoms. The predicted molar refractivity (Wildman–Crippen MR) is 89.4 cm³/mol. The number of furan rings is 1. The number of carbonyl (C=O) groups excluding carboxylic acids is 1. The summed E-state index contributed by atoms with van der Waals surface area (Å²) in [5.74, 6) is 2.06. The van der Waals surface area contributed by atoms with Gasteiger partial charge in [0, 0.05) is 0 Å². The van der Waals surface area contributed by atoms with E-state index in [1.165, 1.54) is 11.8 Å². The van der Waals surface area contributed by atoms with Crippen molar-refractivity contribution in [2.75, 3.05) is 5.75 Å². The number of carbonyl (C=O) groups is 1. The Bertz CT molecular complexity index is 808. The van der Waals surface area contributed by atoms with Gasteiger partial charge >= 0.3 is 0 Å². The Balaban J connectivity index is 1.99. The van der Waals surface area contributed by atoms with Crippen LogP contribution in [0.5, 0.6) is 0 Å². The standard InChI is InChI=1S/C17H17N3O2S/c1-12(21)11-23-17-19-18-16(15-8-9-22-13(15)2)20(17)10-14-6-4-3-5-7-14/h3-9H,10-11H2,1-2H3. The summed E-state index contributed by atoms with van der Waals surface area (Å²) >= 11 is 1.41. The van der Waals surface area contributed by atoms with Gasteiger partial charge in [-0.1, -0.05) is 42.1 Å². The van der Waals surface area contributed by atoms with E-state index in [1.54, 1.807) is 13.2 Å². The summed E-state index contributed by atoms with van der Waals surface area (Å²) in [5.41, 5.74) is 2.07. The molecule has 2 heterocycles. The minimum Gasteiger partial charge on any atom is -0.469 e. The summed E-state index contributed by atoms with van der Waals surface area (Å²) in [6, 6.07) is 12.0. The van der Waals surface area contributed by atoms with Gasteiger partial charge in [-0.25, -0.2) is 0 Å². The van der Waals surface area contributed by atoms with Gasteiger partial charge in [-0.3, -0.25) is 9.36 Å². The molecule has 0 amide bonds. The maximum atomic E-state index is 11.3. The smallest absolute Gasteiger partial charge is 0.192 e. The van der Waals surface area contributed by atoms with Crippen LogP contribution in [-0.4, -0.2) is 26.3 Å². The molecule has 0 bridgehead atoms. The van der Waals surface area contributed by atoms with Crippen molar-refractivity contribution in [2.45, 2.75) is 25.5 Å². The van der Waals surface area contributed by atoms with Crippen molar-refractivity contribution in [2.24, 2.45) is 0 Å². The molecule has 0 saturated carbocycles. The SMILES string of the molecule is CC(=O)CSc1nnc(-c2ccoc2C)n1Cc1ccccc1. The van der Waals surface area contributed by atoms with Crippen molar-refractivity contribution in [1.29, 1.82) is 0 Å². The first-order valence-electron chi connectivity index (χ1n) is 7.29. The van der Waals surface area contributed by atoms with Gasteiger partial charge in [-0.15, -0.1) is 10.2 Å². The Morgan fingerprint density at radius 2 is 2.00 bits per heavy atom. The number of hydrogen-bond donors (Lipinski definition) is 0. The second-order valence-corrected chi connectivity index (χ2v) is 6.20. The molecule has 0 aliphatic carbocycles. The molecule has 6 heteroatoms. The molecule has 0 saturated heterocycles. The van der Waals surface area contributed by atoms with E-state index >= 15 is 0 Å². The van der Waals surface area contributed by atoms with Gasteiger partial charge in [0.15, 0.2) is 11.0 Å². The third-order valence-electron chi connectivity index (χ3n) is 3.40. The van der Waals surface area contributed by atoms with Crippen LogP contribution in [0.1, 0.15) is 18.2 Å². The van der Waals surface area contributed by atoms with Crippen LogP contribution >= 0.6 is 11.8 Å². The lowest BCUT2D eigenvalue weighted by atomic mass is 10.2. The van der Waals surface area contributed by atoms with E-state index in [1.807, 2.05) is 35.8 Å². The van der Waals surface area contributed by atoms with E-state index in [0.717, 1.165) is 27.9 Å². The fourth-order valence-electron chi connectivity index (χ4n) is 2.29. The summed E-state index contributed by atoms with van der Waals surface area (Å²) in [7, 11) is 0. The zero-order valence-electron chi connectivity index (χ0n) is 13.0. The third-order valence-corrected chi connectivity index (χ3v) is 4.52. The van der Waals surface area contributed by atoms with E-state index < -0.39 is 0 Å². The van der Waals surface area contributed by atoms with Crippen LogP contribution in [0.3, 0.4) is 0 Å². The topological polar surface area (TPSA) is 60.9 Å². The van der Waals surface area contributed by atoms with Gasteiger partial charge in [0.25, 0.3) is 0 Å². The molecule has 0 aliphatic rings. The van der Waals surface area contributed by atoms with Crippen LogP contribution in [0.2, 0.25) is 0 Å². The number of nitrogens with zero attached hydrogens (tertiary/aromatic N) is 3. The molecular weight excluding hydrogens is 310 g/mol. The molecule has 118 valence electrons. The number of benzene rings is 1. The highest BCUT2D eigenvalue weighted by Gasteiger charge is 2.18. The monoisotopic (exact) mass is 327 g/mol. The zero-order chi connectivity index (χ0) is 16.2. The first kappa shape index (κ1) is 15.6. The number of hydrogen-bond acceptors (Lipinski definition) is 5. The van der Waals surface area contributed by atoms with E-state index in [4.69, 9.17) is 4.42 Å². The lowest BCUT2D eigenvalue weighted by Gasteiger charge is -2.09. The Labute approximate surface area is 138 Å². The summed E-state index contributed by atoms with van der Waals surface area (Å²) in [5, 5.41) is 9.31. The summed E-state index contributed by atoms with van der Waals surface area (Å²) in [4.78, 5) is 11.3.